The van der Waals surface area contributed by atoms with E-state index in [1.54, 1.807) is 6.07 Å². The zero-order valence-corrected chi connectivity index (χ0v) is 10.5. The monoisotopic (exact) mass is 288 g/mol. The molecule has 6 heteroatoms. The Morgan fingerprint density at radius 1 is 1.10 bits per heavy atom. The number of hydrogen-bond donors (Lipinski definition) is 0. The van der Waals surface area contributed by atoms with Crippen LogP contribution in [-0.4, -0.2) is 5.91 Å². The molecule has 0 fully saturated rings. The van der Waals surface area contributed by atoms with Crippen molar-refractivity contribution in [2.24, 2.45) is 0 Å². The minimum Gasteiger partial charge on any atom is -0.285 e. The van der Waals surface area contributed by atoms with Crippen molar-refractivity contribution in [1.29, 1.82) is 5.26 Å². The lowest BCUT2D eigenvalue weighted by Crippen LogP contribution is -2.27. The number of amides is 1. The highest BCUT2D eigenvalue weighted by molar-refractivity contribution is 6.11. The second-order valence-electron chi connectivity index (χ2n) is 4.51. The van der Waals surface area contributed by atoms with Crippen LogP contribution in [0.1, 0.15) is 22.0 Å². The Bertz CT molecular complexity index is 798. The Morgan fingerprint density at radius 2 is 1.81 bits per heavy atom. The molecular weight excluding hydrogens is 281 g/mol. The fraction of sp³-hybridized carbons (Fsp3) is 0.0667. The number of rotatable bonds is 1. The van der Waals surface area contributed by atoms with Crippen LogP contribution in [0.15, 0.2) is 36.4 Å². The van der Waals surface area contributed by atoms with Crippen molar-refractivity contribution < 1.29 is 18.0 Å². The van der Waals surface area contributed by atoms with Crippen molar-refractivity contribution in [3.63, 3.8) is 0 Å². The minimum atomic E-state index is -1.33. The predicted octanol–water partition coefficient (Wildman–Crippen LogP) is 3.33. The molecule has 1 aliphatic heterocycles. The highest BCUT2D eigenvalue weighted by Gasteiger charge is 2.41. The van der Waals surface area contributed by atoms with Crippen LogP contribution in [-0.2, 0) is 0 Å². The SMILES string of the molecule is N#CC1c2c(F)cc(F)cc2C(=O)N1c1ccccc1F. The molecule has 0 radical (unpaired) electrons. The normalized spacial score (nSPS) is 16.8. The van der Waals surface area contributed by atoms with E-state index in [1.807, 2.05) is 0 Å². The maximum Gasteiger partial charge on any atom is 0.260 e. The van der Waals surface area contributed by atoms with Gasteiger partial charge in [0.25, 0.3) is 5.91 Å². The summed E-state index contributed by atoms with van der Waals surface area (Å²) in [5.74, 6) is -3.45. The number of fused-ring (bicyclic) bond motifs is 1. The zero-order valence-electron chi connectivity index (χ0n) is 10.5. The molecule has 0 saturated carbocycles. The summed E-state index contributed by atoms with van der Waals surface area (Å²) in [7, 11) is 0. The Hall–Kier alpha value is -2.81. The third-order valence-corrected chi connectivity index (χ3v) is 3.31. The van der Waals surface area contributed by atoms with E-state index < -0.39 is 29.4 Å². The van der Waals surface area contributed by atoms with Crippen LogP contribution < -0.4 is 4.90 Å². The number of carbonyl (C=O) groups is 1. The molecule has 0 aliphatic carbocycles. The molecule has 1 amide bonds. The van der Waals surface area contributed by atoms with E-state index >= 15 is 0 Å². The molecule has 3 rings (SSSR count). The number of hydrogen-bond acceptors (Lipinski definition) is 2. The van der Waals surface area contributed by atoms with E-state index in [0.29, 0.717) is 6.07 Å². The van der Waals surface area contributed by atoms with Gasteiger partial charge in [0.15, 0.2) is 6.04 Å². The van der Waals surface area contributed by atoms with Gasteiger partial charge in [-0.1, -0.05) is 12.1 Å². The summed E-state index contributed by atoms with van der Waals surface area (Å²) < 4.78 is 41.0. The fourth-order valence-corrected chi connectivity index (χ4v) is 2.43. The van der Waals surface area contributed by atoms with E-state index in [1.165, 1.54) is 18.2 Å². The van der Waals surface area contributed by atoms with Gasteiger partial charge in [0.1, 0.15) is 17.5 Å². The first-order valence-electron chi connectivity index (χ1n) is 6.01. The number of para-hydroxylation sites is 1. The van der Waals surface area contributed by atoms with Crippen molar-refractivity contribution in [3.05, 3.63) is 65.0 Å². The van der Waals surface area contributed by atoms with Gasteiger partial charge in [-0.15, -0.1) is 0 Å². The lowest BCUT2D eigenvalue weighted by molar-refractivity contribution is 0.0993. The Kier molecular flexibility index (Phi) is 2.91. The molecule has 2 aromatic carbocycles. The average molecular weight is 288 g/mol. The number of nitrogens with zero attached hydrogens (tertiary/aromatic N) is 2. The third kappa shape index (κ3) is 1.86. The molecule has 1 unspecified atom stereocenters. The van der Waals surface area contributed by atoms with Crippen LogP contribution in [0.2, 0.25) is 0 Å². The van der Waals surface area contributed by atoms with Gasteiger partial charge in [-0.3, -0.25) is 9.69 Å². The van der Waals surface area contributed by atoms with Crippen molar-refractivity contribution in [3.8, 4) is 6.07 Å². The molecule has 0 bridgehead atoms. The summed E-state index contributed by atoms with van der Waals surface area (Å²) in [4.78, 5) is 13.1. The van der Waals surface area contributed by atoms with Gasteiger partial charge in [-0.2, -0.15) is 5.26 Å². The quantitative estimate of drug-likeness (QED) is 0.808. The maximum absolute atomic E-state index is 13.9. The topological polar surface area (TPSA) is 44.1 Å². The lowest BCUT2D eigenvalue weighted by atomic mass is 10.0. The van der Waals surface area contributed by atoms with Gasteiger partial charge < -0.3 is 0 Å². The van der Waals surface area contributed by atoms with Crippen molar-refractivity contribution in [2.75, 3.05) is 4.90 Å². The predicted molar refractivity (Wildman–Crippen MR) is 67.9 cm³/mol. The summed E-state index contributed by atoms with van der Waals surface area (Å²) in [6.07, 6.45) is 0. The largest absolute Gasteiger partial charge is 0.285 e. The first-order valence-corrected chi connectivity index (χ1v) is 6.01. The molecule has 0 spiro atoms. The summed E-state index contributed by atoms with van der Waals surface area (Å²) >= 11 is 0. The van der Waals surface area contributed by atoms with Gasteiger partial charge in [0.2, 0.25) is 0 Å². The Morgan fingerprint density at radius 3 is 2.48 bits per heavy atom. The van der Waals surface area contributed by atoms with E-state index in [-0.39, 0.29) is 16.8 Å². The molecule has 3 nitrogen and oxygen atoms in total. The van der Waals surface area contributed by atoms with E-state index in [9.17, 15) is 23.2 Å². The molecule has 0 aromatic heterocycles. The van der Waals surface area contributed by atoms with Crippen LogP contribution in [0.3, 0.4) is 0 Å². The summed E-state index contributed by atoms with van der Waals surface area (Å²) in [5.41, 5.74) is -0.639. The molecule has 0 saturated heterocycles. The first-order chi connectivity index (χ1) is 10.0. The average Bonchev–Trinajstić information content (AvgIpc) is 2.72. The number of halogens is 3. The first kappa shape index (κ1) is 13.2. The van der Waals surface area contributed by atoms with Crippen LogP contribution in [0.25, 0.3) is 0 Å². The van der Waals surface area contributed by atoms with E-state index in [0.717, 1.165) is 17.0 Å². The lowest BCUT2D eigenvalue weighted by Gasteiger charge is -2.20. The van der Waals surface area contributed by atoms with Gasteiger partial charge in [-0.05, 0) is 18.2 Å². The van der Waals surface area contributed by atoms with Gasteiger partial charge in [0, 0.05) is 11.6 Å². The van der Waals surface area contributed by atoms with Crippen molar-refractivity contribution >= 4 is 11.6 Å². The molecule has 0 N–H and O–H groups in total. The zero-order chi connectivity index (χ0) is 15.1. The highest BCUT2D eigenvalue weighted by Crippen LogP contribution is 2.39. The van der Waals surface area contributed by atoms with Crippen molar-refractivity contribution in [1.82, 2.24) is 0 Å². The number of nitriles is 1. The second kappa shape index (κ2) is 4.63. The van der Waals surface area contributed by atoms with Crippen LogP contribution in [0.4, 0.5) is 18.9 Å². The number of carbonyl (C=O) groups excluding carboxylic acids is 1. The molecular formula is C15H7F3N2O. The molecule has 1 heterocycles. The summed E-state index contributed by atoms with van der Waals surface area (Å²) in [5, 5.41) is 9.22. The Labute approximate surface area is 117 Å². The van der Waals surface area contributed by atoms with Crippen LogP contribution >= 0.6 is 0 Å². The molecule has 21 heavy (non-hydrogen) atoms. The molecule has 1 atom stereocenters. The molecule has 2 aromatic rings. The third-order valence-electron chi connectivity index (χ3n) is 3.31. The second-order valence-corrected chi connectivity index (χ2v) is 4.51. The minimum absolute atomic E-state index is 0.148. The fourth-order valence-electron chi connectivity index (χ4n) is 2.43. The highest BCUT2D eigenvalue weighted by atomic mass is 19.1. The number of anilines is 1. The van der Waals surface area contributed by atoms with Gasteiger partial charge in [0.05, 0.1) is 17.3 Å². The van der Waals surface area contributed by atoms with Gasteiger partial charge >= 0.3 is 0 Å². The number of benzene rings is 2. The van der Waals surface area contributed by atoms with E-state index in [2.05, 4.69) is 0 Å². The van der Waals surface area contributed by atoms with Crippen LogP contribution in [0.5, 0.6) is 0 Å². The van der Waals surface area contributed by atoms with Crippen molar-refractivity contribution in [2.45, 2.75) is 6.04 Å². The molecule has 104 valence electrons. The van der Waals surface area contributed by atoms with E-state index in [4.69, 9.17) is 0 Å². The maximum atomic E-state index is 13.9. The summed E-state index contributed by atoms with van der Waals surface area (Å²) in [6.45, 7) is 0. The smallest absolute Gasteiger partial charge is 0.260 e. The van der Waals surface area contributed by atoms with Crippen LogP contribution in [0, 0.1) is 28.8 Å². The van der Waals surface area contributed by atoms with Gasteiger partial charge in [-0.25, -0.2) is 13.2 Å². The molecule has 1 aliphatic rings. The summed E-state index contributed by atoms with van der Waals surface area (Å²) in [6, 6.07) is 7.22. The standard InChI is InChI=1S/C15H7F3N2O/c16-8-5-9-14(11(18)6-8)13(7-19)20(15(9)21)12-4-2-1-3-10(12)17/h1-6,13H. The Balaban J connectivity index is 2.23.